The van der Waals surface area contributed by atoms with Crippen LogP contribution >= 0.6 is 0 Å². The van der Waals surface area contributed by atoms with Gasteiger partial charge in [0, 0.05) is 12.5 Å². The monoisotopic (exact) mass is 288 g/mol. The summed E-state index contributed by atoms with van der Waals surface area (Å²) in [6.45, 7) is 2.77. The number of hydrogen-bond donors (Lipinski definition) is 2. The average molecular weight is 288 g/mol. The number of ether oxygens (including phenoxy) is 1. The van der Waals surface area contributed by atoms with Gasteiger partial charge in [-0.1, -0.05) is 36.6 Å². The van der Waals surface area contributed by atoms with Gasteiger partial charge >= 0.3 is 0 Å². The van der Waals surface area contributed by atoms with Gasteiger partial charge in [-0.05, 0) is 50.3 Å². The van der Waals surface area contributed by atoms with Crippen LogP contribution in [0.3, 0.4) is 0 Å². The second-order valence-electron chi connectivity index (χ2n) is 5.90. The molecule has 1 aliphatic rings. The van der Waals surface area contributed by atoms with E-state index >= 15 is 0 Å². The number of nitrogens with two attached hydrogens (primary N) is 1. The molecular formula is C18H28N2O. The first-order chi connectivity index (χ1) is 10.3. The average Bonchev–Trinajstić information content (AvgIpc) is 2.44. The molecule has 1 unspecified atom stereocenters. The fourth-order valence-corrected chi connectivity index (χ4v) is 2.91. The molecular weight excluding hydrogens is 260 g/mol. The Morgan fingerprint density at radius 1 is 1.24 bits per heavy atom. The molecule has 0 bridgehead atoms. The lowest BCUT2D eigenvalue weighted by Crippen LogP contribution is -2.38. The molecule has 1 aromatic rings. The normalized spacial score (nSPS) is 20.0. The van der Waals surface area contributed by atoms with E-state index in [9.17, 15) is 0 Å². The summed E-state index contributed by atoms with van der Waals surface area (Å²) in [4.78, 5) is 0. The highest BCUT2D eigenvalue weighted by Crippen LogP contribution is 2.21. The predicted molar refractivity (Wildman–Crippen MR) is 88.2 cm³/mol. The topological polar surface area (TPSA) is 47.3 Å². The van der Waals surface area contributed by atoms with Crippen molar-refractivity contribution in [2.45, 2.75) is 57.9 Å². The summed E-state index contributed by atoms with van der Waals surface area (Å²) >= 11 is 0. The standard InChI is InChI=1S/C18H28N2O/c1-15-8-7-11-17(14-15)21-13-12-18(20-19)16-9-5-3-2-4-6-10-16/h7-9,11,14,18,20H,2-6,10,12-13,19H2,1H3/b16-9+. The summed E-state index contributed by atoms with van der Waals surface area (Å²) in [6.07, 6.45) is 10.9. The summed E-state index contributed by atoms with van der Waals surface area (Å²) in [5.41, 5.74) is 5.66. The quantitative estimate of drug-likeness (QED) is 0.474. The SMILES string of the molecule is Cc1cccc(OCCC(NN)/C2=C/CCCCCC2)c1. The van der Waals surface area contributed by atoms with Crippen molar-refractivity contribution >= 4 is 0 Å². The number of allylic oxidation sites excluding steroid dienone is 1. The lowest BCUT2D eigenvalue weighted by Gasteiger charge is -2.21. The molecule has 0 saturated heterocycles. The van der Waals surface area contributed by atoms with Crippen molar-refractivity contribution in [2.75, 3.05) is 6.61 Å². The van der Waals surface area contributed by atoms with Crippen molar-refractivity contribution in [3.05, 3.63) is 41.5 Å². The molecule has 2 rings (SSSR count). The Hall–Kier alpha value is -1.32. The number of hydrogen-bond acceptors (Lipinski definition) is 3. The molecule has 0 radical (unpaired) electrons. The number of hydrazine groups is 1. The van der Waals surface area contributed by atoms with E-state index in [1.165, 1.54) is 49.7 Å². The molecule has 0 amide bonds. The van der Waals surface area contributed by atoms with Crippen LogP contribution in [0.4, 0.5) is 0 Å². The van der Waals surface area contributed by atoms with E-state index in [2.05, 4.69) is 30.6 Å². The van der Waals surface area contributed by atoms with Crippen LogP contribution in [0, 0.1) is 6.92 Å². The molecule has 1 atom stereocenters. The highest BCUT2D eigenvalue weighted by Gasteiger charge is 2.13. The van der Waals surface area contributed by atoms with E-state index in [1.807, 2.05) is 12.1 Å². The fraction of sp³-hybridized carbons (Fsp3) is 0.556. The molecule has 3 heteroatoms. The number of rotatable bonds is 6. The van der Waals surface area contributed by atoms with Crippen LogP contribution in [0.25, 0.3) is 0 Å². The van der Waals surface area contributed by atoms with Crippen molar-refractivity contribution in [3.8, 4) is 5.75 Å². The van der Waals surface area contributed by atoms with Gasteiger partial charge in [0.15, 0.2) is 0 Å². The van der Waals surface area contributed by atoms with Crippen LogP contribution in [0.15, 0.2) is 35.9 Å². The van der Waals surface area contributed by atoms with Gasteiger partial charge in [0.1, 0.15) is 5.75 Å². The van der Waals surface area contributed by atoms with Crippen LogP contribution in [0.2, 0.25) is 0 Å². The van der Waals surface area contributed by atoms with E-state index in [-0.39, 0.29) is 6.04 Å². The lowest BCUT2D eigenvalue weighted by atomic mass is 9.94. The van der Waals surface area contributed by atoms with Gasteiger partial charge in [0.2, 0.25) is 0 Å². The largest absolute Gasteiger partial charge is 0.494 e. The second-order valence-corrected chi connectivity index (χ2v) is 5.90. The van der Waals surface area contributed by atoms with E-state index < -0.39 is 0 Å². The molecule has 0 heterocycles. The van der Waals surface area contributed by atoms with Crippen molar-refractivity contribution in [2.24, 2.45) is 5.84 Å². The number of aryl methyl sites for hydroxylation is 1. The van der Waals surface area contributed by atoms with E-state index in [0.29, 0.717) is 6.61 Å². The maximum atomic E-state index is 5.84. The molecule has 0 saturated carbocycles. The third-order valence-corrected chi connectivity index (χ3v) is 4.14. The van der Waals surface area contributed by atoms with Gasteiger partial charge in [-0.3, -0.25) is 11.3 Å². The Bertz CT molecular complexity index is 456. The van der Waals surface area contributed by atoms with E-state index in [1.54, 1.807) is 0 Å². The van der Waals surface area contributed by atoms with Crippen LogP contribution in [-0.4, -0.2) is 12.6 Å². The minimum atomic E-state index is 0.243. The van der Waals surface area contributed by atoms with Crippen LogP contribution in [-0.2, 0) is 0 Å². The Morgan fingerprint density at radius 3 is 2.90 bits per heavy atom. The highest BCUT2D eigenvalue weighted by molar-refractivity contribution is 5.27. The maximum Gasteiger partial charge on any atom is 0.119 e. The Labute approximate surface area is 128 Å². The lowest BCUT2D eigenvalue weighted by molar-refractivity contribution is 0.292. The summed E-state index contributed by atoms with van der Waals surface area (Å²) in [6, 6.07) is 8.43. The van der Waals surface area contributed by atoms with Crippen molar-refractivity contribution in [1.82, 2.24) is 5.43 Å². The molecule has 1 aromatic carbocycles. The molecule has 116 valence electrons. The Morgan fingerprint density at radius 2 is 2.10 bits per heavy atom. The summed E-state index contributed by atoms with van der Waals surface area (Å²) < 4.78 is 5.84. The molecule has 3 nitrogen and oxygen atoms in total. The second kappa shape index (κ2) is 8.85. The van der Waals surface area contributed by atoms with E-state index in [0.717, 1.165) is 12.2 Å². The third-order valence-electron chi connectivity index (χ3n) is 4.14. The summed E-state index contributed by atoms with van der Waals surface area (Å²) in [5.74, 6) is 6.69. The minimum absolute atomic E-state index is 0.243. The van der Waals surface area contributed by atoms with Crippen molar-refractivity contribution in [3.63, 3.8) is 0 Å². The first-order valence-corrected chi connectivity index (χ1v) is 8.14. The van der Waals surface area contributed by atoms with Gasteiger partial charge in [-0.25, -0.2) is 0 Å². The Kier molecular flexibility index (Phi) is 6.77. The van der Waals surface area contributed by atoms with Gasteiger partial charge in [-0.15, -0.1) is 0 Å². The molecule has 0 aliphatic heterocycles. The first kappa shape index (κ1) is 16.1. The first-order valence-electron chi connectivity index (χ1n) is 8.14. The van der Waals surface area contributed by atoms with Gasteiger partial charge in [-0.2, -0.15) is 0 Å². The van der Waals surface area contributed by atoms with Crippen LogP contribution in [0.1, 0.15) is 50.5 Å². The van der Waals surface area contributed by atoms with Crippen LogP contribution < -0.4 is 16.0 Å². The minimum Gasteiger partial charge on any atom is -0.494 e. The van der Waals surface area contributed by atoms with Gasteiger partial charge in [0.25, 0.3) is 0 Å². The summed E-state index contributed by atoms with van der Waals surface area (Å²) in [5, 5.41) is 0. The molecule has 21 heavy (non-hydrogen) atoms. The van der Waals surface area contributed by atoms with Crippen molar-refractivity contribution < 1.29 is 4.74 Å². The zero-order valence-electron chi connectivity index (χ0n) is 13.1. The zero-order chi connectivity index (χ0) is 14.9. The molecule has 0 spiro atoms. The van der Waals surface area contributed by atoms with Crippen LogP contribution in [0.5, 0.6) is 5.75 Å². The molecule has 0 fully saturated rings. The van der Waals surface area contributed by atoms with Crippen molar-refractivity contribution in [1.29, 1.82) is 0 Å². The molecule has 0 aromatic heterocycles. The smallest absolute Gasteiger partial charge is 0.119 e. The zero-order valence-corrected chi connectivity index (χ0v) is 13.1. The molecule has 1 aliphatic carbocycles. The van der Waals surface area contributed by atoms with Gasteiger partial charge in [0.05, 0.1) is 6.61 Å². The van der Waals surface area contributed by atoms with Gasteiger partial charge < -0.3 is 4.74 Å². The fourth-order valence-electron chi connectivity index (χ4n) is 2.91. The number of nitrogens with one attached hydrogen (secondary N) is 1. The maximum absolute atomic E-state index is 5.84. The van der Waals surface area contributed by atoms with E-state index in [4.69, 9.17) is 10.6 Å². The molecule has 3 N–H and O–H groups in total. The highest BCUT2D eigenvalue weighted by atomic mass is 16.5. The Balaban J connectivity index is 1.84. The third kappa shape index (κ3) is 5.52. The number of benzene rings is 1. The summed E-state index contributed by atoms with van der Waals surface area (Å²) in [7, 11) is 0. The predicted octanol–water partition coefficient (Wildman–Crippen LogP) is 3.88.